The van der Waals surface area contributed by atoms with Crippen molar-refractivity contribution in [2.75, 3.05) is 0 Å². The Labute approximate surface area is 104 Å². The Morgan fingerprint density at radius 3 is 1.42 bits per heavy atom. The molecule has 0 fully saturated rings. The second-order valence-corrected chi connectivity index (χ2v) is 3.61. The van der Waals surface area contributed by atoms with E-state index in [1.54, 1.807) is 0 Å². The summed E-state index contributed by atoms with van der Waals surface area (Å²) >= 11 is 0. The van der Waals surface area contributed by atoms with Gasteiger partial charge >= 0.3 is 45.6 Å². The molecule has 0 heterocycles. The number of halogens is 1. The van der Waals surface area contributed by atoms with Crippen molar-refractivity contribution in [3.05, 3.63) is 0 Å². The summed E-state index contributed by atoms with van der Waals surface area (Å²) in [5.74, 6) is 0. The molecule has 0 saturated carbocycles. The molecule has 0 amide bonds. The van der Waals surface area contributed by atoms with Crippen molar-refractivity contribution in [2.45, 2.75) is 0 Å². The summed E-state index contributed by atoms with van der Waals surface area (Å²) in [6.45, 7) is 0. The summed E-state index contributed by atoms with van der Waals surface area (Å²) in [5, 5.41) is 0. The number of hydrogen-bond donors (Lipinski definition) is 3. The van der Waals surface area contributed by atoms with Crippen LogP contribution in [0.4, 0.5) is 0 Å². The number of rotatable bonds is 2. The van der Waals surface area contributed by atoms with Crippen molar-refractivity contribution in [1.82, 2.24) is 0 Å². The van der Waals surface area contributed by atoms with Gasteiger partial charge in [-0.15, -0.1) is 0 Å². The van der Waals surface area contributed by atoms with Crippen LogP contribution >= 0.6 is 15.6 Å². The van der Waals surface area contributed by atoms with Gasteiger partial charge in [-0.3, -0.25) is 4.57 Å². The normalized spacial score (nSPS) is 14.3. The SMILES string of the molecule is O.O=P([O-])(O)OP(=O)(O)O.[Ca+2].[Cl-]. The van der Waals surface area contributed by atoms with Crippen LogP contribution in [0.5, 0.6) is 0 Å². The fourth-order valence-electron chi connectivity index (χ4n) is 0.134. The van der Waals surface area contributed by atoms with E-state index in [4.69, 9.17) is 14.7 Å². The Kier molecular flexibility index (Phi) is 15.9. The molecular formula is H5CaClO8P2. The zero-order chi connectivity index (χ0) is 7.71. The number of phosphoric acid groups is 2. The summed E-state index contributed by atoms with van der Waals surface area (Å²) in [7, 11) is -10.4. The summed E-state index contributed by atoms with van der Waals surface area (Å²) in [6, 6.07) is 0. The van der Waals surface area contributed by atoms with Crippen LogP contribution in [-0.4, -0.2) is 57.9 Å². The van der Waals surface area contributed by atoms with E-state index in [0.717, 1.165) is 0 Å². The van der Waals surface area contributed by atoms with Crippen molar-refractivity contribution in [3.63, 3.8) is 0 Å². The first kappa shape index (κ1) is 23.5. The van der Waals surface area contributed by atoms with E-state index in [1.165, 1.54) is 0 Å². The minimum Gasteiger partial charge on any atom is -1.00 e. The average molecular weight is 271 g/mol. The second-order valence-electron chi connectivity index (χ2n) is 1.04. The Hall–Kier alpha value is 1.77. The van der Waals surface area contributed by atoms with Crippen molar-refractivity contribution < 1.29 is 50.9 Å². The minimum absolute atomic E-state index is 0. The molecule has 8 nitrogen and oxygen atoms in total. The van der Waals surface area contributed by atoms with Crippen molar-refractivity contribution >= 4 is 53.4 Å². The van der Waals surface area contributed by atoms with Crippen LogP contribution in [-0.2, 0) is 13.4 Å². The van der Waals surface area contributed by atoms with Gasteiger partial charge in [0.1, 0.15) is 0 Å². The summed E-state index contributed by atoms with van der Waals surface area (Å²) in [5.41, 5.74) is 0. The summed E-state index contributed by atoms with van der Waals surface area (Å²) < 4.78 is 21.9. The molecule has 0 aromatic carbocycles. The van der Waals surface area contributed by atoms with Crippen LogP contribution < -0.4 is 17.3 Å². The molecule has 0 aromatic heterocycles. The number of hydrogen-bond acceptors (Lipinski definition) is 4. The standard InChI is InChI=1S/Ca.ClH.H4O7P2.H2O/c;;1-8(2,3)7-9(4,5)6;/h;1H;(H2,1,2,3)(H2,4,5,6);1H2/q+2;;;/p-2. The molecule has 0 bridgehead atoms. The van der Waals surface area contributed by atoms with Gasteiger partial charge in [0.2, 0.25) is 0 Å². The summed E-state index contributed by atoms with van der Waals surface area (Å²) in [6.07, 6.45) is 0. The van der Waals surface area contributed by atoms with Gasteiger partial charge in [0.25, 0.3) is 7.82 Å². The van der Waals surface area contributed by atoms with Gasteiger partial charge in [0.05, 0.1) is 0 Å². The molecule has 5 N–H and O–H groups in total. The van der Waals surface area contributed by atoms with Gasteiger partial charge in [0, 0.05) is 0 Å². The smallest absolute Gasteiger partial charge is 1.00 e. The first-order chi connectivity index (χ1) is 3.71. The van der Waals surface area contributed by atoms with Crippen LogP contribution in [0.2, 0.25) is 0 Å². The molecule has 0 saturated heterocycles. The third kappa shape index (κ3) is 22.6. The Balaban J connectivity index is -0.000000107. The van der Waals surface area contributed by atoms with Gasteiger partial charge in [-0.25, -0.2) is 8.88 Å². The van der Waals surface area contributed by atoms with E-state index < -0.39 is 15.6 Å². The molecule has 12 heavy (non-hydrogen) atoms. The molecule has 0 aliphatic heterocycles. The zero-order valence-electron chi connectivity index (χ0n) is 5.45. The van der Waals surface area contributed by atoms with E-state index in [0.29, 0.717) is 0 Å². The van der Waals surface area contributed by atoms with E-state index in [-0.39, 0.29) is 55.6 Å². The third-order valence-electron chi connectivity index (χ3n) is 0.210. The Morgan fingerprint density at radius 1 is 1.17 bits per heavy atom. The summed E-state index contributed by atoms with van der Waals surface area (Å²) in [4.78, 5) is 32.6. The van der Waals surface area contributed by atoms with Gasteiger partial charge in [-0.1, -0.05) is 0 Å². The quantitative estimate of drug-likeness (QED) is 0.333. The topological polar surface area (TPSA) is 159 Å². The minimum atomic E-state index is -5.30. The van der Waals surface area contributed by atoms with Crippen LogP contribution in [0.1, 0.15) is 0 Å². The predicted molar refractivity (Wildman–Crippen MR) is 32.3 cm³/mol. The van der Waals surface area contributed by atoms with Gasteiger partial charge < -0.3 is 37.5 Å². The molecule has 1 unspecified atom stereocenters. The van der Waals surface area contributed by atoms with Crippen molar-refractivity contribution in [3.8, 4) is 0 Å². The van der Waals surface area contributed by atoms with E-state index in [1.807, 2.05) is 0 Å². The predicted octanol–water partition coefficient (Wildman–Crippen LogP) is -5.65. The Morgan fingerprint density at radius 2 is 1.42 bits per heavy atom. The van der Waals surface area contributed by atoms with E-state index >= 15 is 0 Å². The van der Waals surface area contributed by atoms with Gasteiger partial charge in [-0.2, -0.15) is 0 Å². The third-order valence-corrected chi connectivity index (χ3v) is 1.89. The first-order valence-electron chi connectivity index (χ1n) is 1.51. The van der Waals surface area contributed by atoms with Gasteiger partial charge in [-0.05, 0) is 0 Å². The molecule has 0 aliphatic carbocycles. The van der Waals surface area contributed by atoms with Crippen LogP contribution in [0.3, 0.4) is 0 Å². The van der Waals surface area contributed by atoms with Crippen LogP contribution in [0.15, 0.2) is 0 Å². The largest absolute Gasteiger partial charge is 2.00 e. The fraction of sp³-hybridized carbons (Fsp3) is 0. The maximum Gasteiger partial charge on any atom is 2.00 e. The molecule has 0 rings (SSSR count). The molecule has 0 aromatic rings. The van der Waals surface area contributed by atoms with E-state index in [9.17, 15) is 14.0 Å². The molecule has 0 aliphatic rings. The molecular weight excluding hydrogens is 265 g/mol. The molecule has 0 radical (unpaired) electrons. The molecule has 1 atom stereocenters. The Bertz CT molecular complexity index is 157. The van der Waals surface area contributed by atoms with Gasteiger partial charge in [0.15, 0.2) is 0 Å². The maximum atomic E-state index is 9.59. The van der Waals surface area contributed by atoms with Crippen molar-refractivity contribution in [1.29, 1.82) is 0 Å². The molecule has 12 heteroatoms. The zero-order valence-corrected chi connectivity index (χ0v) is 10.2. The monoisotopic (exact) mass is 270 g/mol. The second kappa shape index (κ2) is 8.11. The first-order valence-corrected chi connectivity index (χ1v) is 4.54. The average Bonchev–Trinajstić information content (AvgIpc) is 1.14. The van der Waals surface area contributed by atoms with E-state index in [2.05, 4.69) is 4.31 Å². The maximum absolute atomic E-state index is 9.59. The van der Waals surface area contributed by atoms with Crippen molar-refractivity contribution in [2.24, 2.45) is 0 Å². The van der Waals surface area contributed by atoms with Crippen LogP contribution in [0.25, 0.3) is 0 Å². The molecule has 72 valence electrons. The van der Waals surface area contributed by atoms with Crippen LogP contribution in [0, 0.1) is 0 Å². The molecule has 0 spiro atoms. The fourth-order valence-corrected chi connectivity index (χ4v) is 1.21.